The van der Waals surface area contributed by atoms with E-state index in [0.717, 1.165) is 23.0 Å². The van der Waals surface area contributed by atoms with Crippen molar-refractivity contribution in [2.75, 3.05) is 4.90 Å². The van der Waals surface area contributed by atoms with Crippen LogP contribution in [0, 0.1) is 5.92 Å². The van der Waals surface area contributed by atoms with Crippen molar-refractivity contribution in [2.45, 2.75) is 38.3 Å². The second kappa shape index (κ2) is 4.58. The molecule has 0 bridgehead atoms. The zero-order valence-corrected chi connectivity index (χ0v) is 13.1. The number of hydrogen-bond acceptors (Lipinski definition) is 2. The third kappa shape index (κ3) is 2.04. The van der Waals surface area contributed by atoms with Gasteiger partial charge >= 0.3 is 0 Å². The molecule has 1 aliphatic heterocycles. The molecular weight excluding hydrogens is 320 g/mol. The molecule has 5 heteroatoms. The fourth-order valence-electron chi connectivity index (χ4n) is 2.86. The lowest BCUT2D eigenvalue weighted by Gasteiger charge is -2.43. The Balaban J connectivity index is 2.02. The maximum absolute atomic E-state index is 12.9. The summed E-state index contributed by atoms with van der Waals surface area (Å²) in [5.74, 6) is 0.172. The molecule has 0 aromatic heterocycles. The van der Waals surface area contributed by atoms with Gasteiger partial charge in [0.1, 0.15) is 11.6 Å². The number of piperazine rings is 1. The number of nitrogens with one attached hydrogen (secondary N) is 1. The van der Waals surface area contributed by atoms with Crippen LogP contribution in [-0.4, -0.2) is 23.4 Å². The Kier molecular flexibility index (Phi) is 3.12. The number of halogens is 1. The molecule has 2 unspecified atom stereocenters. The standard InChI is InChI=1S/C15H17BrN2O2/c1-9-13(19)17-15(2,10-6-7-10)14(20)18(9)12-5-3-4-11(16)8-12/h3-5,8-10H,6-7H2,1-2H3,(H,17,19). The van der Waals surface area contributed by atoms with Crippen LogP contribution < -0.4 is 10.2 Å². The summed E-state index contributed by atoms with van der Waals surface area (Å²) in [4.78, 5) is 26.8. The van der Waals surface area contributed by atoms with E-state index in [2.05, 4.69) is 21.2 Å². The molecule has 1 N–H and O–H groups in total. The summed E-state index contributed by atoms with van der Waals surface area (Å²) < 4.78 is 0.897. The minimum Gasteiger partial charge on any atom is -0.340 e. The Morgan fingerprint density at radius 3 is 2.65 bits per heavy atom. The van der Waals surface area contributed by atoms with E-state index in [0.29, 0.717) is 0 Å². The third-order valence-corrected chi connectivity index (χ3v) is 4.79. The molecule has 4 nitrogen and oxygen atoms in total. The van der Waals surface area contributed by atoms with Crippen LogP contribution >= 0.6 is 15.9 Å². The fraction of sp³-hybridized carbons (Fsp3) is 0.467. The second-order valence-corrected chi connectivity index (χ2v) is 6.71. The van der Waals surface area contributed by atoms with E-state index in [4.69, 9.17) is 0 Å². The number of anilines is 1. The lowest BCUT2D eigenvalue weighted by molar-refractivity contribution is -0.138. The monoisotopic (exact) mass is 336 g/mol. The van der Waals surface area contributed by atoms with Crippen LogP contribution in [0.4, 0.5) is 5.69 Å². The first-order valence-corrected chi connectivity index (χ1v) is 7.64. The summed E-state index contributed by atoms with van der Waals surface area (Å²) in [6, 6.07) is 7.04. The minimum absolute atomic E-state index is 0.00907. The highest BCUT2D eigenvalue weighted by molar-refractivity contribution is 9.10. The molecular formula is C15H17BrN2O2. The number of carbonyl (C=O) groups is 2. The van der Waals surface area contributed by atoms with Gasteiger partial charge in [0.05, 0.1) is 0 Å². The number of rotatable bonds is 2. The molecule has 0 radical (unpaired) electrons. The maximum Gasteiger partial charge on any atom is 0.253 e. The topological polar surface area (TPSA) is 49.4 Å². The van der Waals surface area contributed by atoms with Crippen LogP contribution in [-0.2, 0) is 9.59 Å². The summed E-state index contributed by atoms with van der Waals surface area (Å²) in [6.07, 6.45) is 2.01. The van der Waals surface area contributed by atoms with Crippen LogP contribution in [0.15, 0.2) is 28.7 Å². The molecule has 2 atom stereocenters. The molecule has 1 aromatic rings. The summed E-state index contributed by atoms with van der Waals surface area (Å²) in [7, 11) is 0. The largest absolute Gasteiger partial charge is 0.340 e. The molecule has 20 heavy (non-hydrogen) atoms. The van der Waals surface area contributed by atoms with Gasteiger partial charge in [-0.1, -0.05) is 22.0 Å². The molecule has 1 heterocycles. The summed E-state index contributed by atoms with van der Waals surface area (Å²) in [5.41, 5.74) is 0.00457. The fourth-order valence-corrected chi connectivity index (χ4v) is 3.25. The molecule has 2 fully saturated rings. The lowest BCUT2D eigenvalue weighted by atomic mass is 9.89. The van der Waals surface area contributed by atoms with Crippen molar-refractivity contribution in [3.8, 4) is 0 Å². The lowest BCUT2D eigenvalue weighted by Crippen LogP contribution is -2.69. The molecule has 2 aliphatic rings. The van der Waals surface area contributed by atoms with Crippen LogP contribution in [0.1, 0.15) is 26.7 Å². The van der Waals surface area contributed by atoms with Gasteiger partial charge < -0.3 is 5.32 Å². The molecule has 3 rings (SSSR count). The first kappa shape index (κ1) is 13.6. The average Bonchev–Trinajstić information content (AvgIpc) is 3.21. The molecule has 1 aliphatic carbocycles. The Morgan fingerprint density at radius 1 is 1.35 bits per heavy atom. The molecule has 1 aromatic carbocycles. The van der Waals surface area contributed by atoms with Crippen molar-refractivity contribution in [1.82, 2.24) is 5.32 Å². The number of hydrogen-bond donors (Lipinski definition) is 1. The molecule has 0 spiro atoms. The smallest absolute Gasteiger partial charge is 0.253 e. The van der Waals surface area contributed by atoms with E-state index >= 15 is 0 Å². The normalized spacial score (nSPS) is 30.4. The summed E-state index contributed by atoms with van der Waals surface area (Å²) in [6.45, 7) is 3.61. The van der Waals surface area contributed by atoms with Crippen LogP contribution in [0.5, 0.6) is 0 Å². The Morgan fingerprint density at radius 2 is 2.05 bits per heavy atom. The first-order chi connectivity index (χ1) is 9.43. The van der Waals surface area contributed by atoms with Crippen molar-refractivity contribution in [1.29, 1.82) is 0 Å². The quantitative estimate of drug-likeness (QED) is 0.901. The van der Waals surface area contributed by atoms with Crippen LogP contribution in [0.25, 0.3) is 0 Å². The molecule has 1 saturated carbocycles. The molecule has 106 valence electrons. The van der Waals surface area contributed by atoms with E-state index in [1.54, 1.807) is 11.8 Å². The van der Waals surface area contributed by atoms with E-state index in [9.17, 15) is 9.59 Å². The minimum atomic E-state index is -0.758. The van der Waals surface area contributed by atoms with Gasteiger partial charge in [-0.25, -0.2) is 0 Å². The summed E-state index contributed by atoms with van der Waals surface area (Å²) in [5, 5.41) is 2.93. The molecule has 2 amide bonds. The Hall–Kier alpha value is -1.36. The third-order valence-electron chi connectivity index (χ3n) is 4.29. The SMILES string of the molecule is CC1C(=O)NC(C)(C2CC2)C(=O)N1c1cccc(Br)c1. The average molecular weight is 337 g/mol. The number of carbonyl (C=O) groups excluding carboxylic acids is 2. The Bertz CT molecular complexity index is 585. The van der Waals surface area contributed by atoms with Gasteiger partial charge in [0, 0.05) is 10.2 Å². The van der Waals surface area contributed by atoms with Gasteiger partial charge in [0.2, 0.25) is 5.91 Å². The predicted molar refractivity (Wildman–Crippen MR) is 80.4 cm³/mol. The van der Waals surface area contributed by atoms with E-state index in [-0.39, 0.29) is 17.7 Å². The van der Waals surface area contributed by atoms with Crippen molar-refractivity contribution in [2.24, 2.45) is 5.92 Å². The zero-order chi connectivity index (χ0) is 14.5. The van der Waals surface area contributed by atoms with Gasteiger partial charge in [-0.15, -0.1) is 0 Å². The van der Waals surface area contributed by atoms with Crippen LogP contribution in [0.3, 0.4) is 0 Å². The Labute approximate surface area is 126 Å². The number of amides is 2. The van der Waals surface area contributed by atoms with Crippen molar-refractivity contribution in [3.05, 3.63) is 28.7 Å². The molecule has 1 saturated heterocycles. The maximum atomic E-state index is 12.9. The van der Waals surface area contributed by atoms with Crippen LogP contribution in [0.2, 0.25) is 0 Å². The number of benzene rings is 1. The van der Waals surface area contributed by atoms with Crippen molar-refractivity contribution < 1.29 is 9.59 Å². The van der Waals surface area contributed by atoms with Gasteiger partial charge in [-0.2, -0.15) is 0 Å². The number of nitrogens with zero attached hydrogens (tertiary/aromatic N) is 1. The van der Waals surface area contributed by atoms with E-state index in [1.807, 2.05) is 31.2 Å². The van der Waals surface area contributed by atoms with Crippen molar-refractivity contribution in [3.63, 3.8) is 0 Å². The van der Waals surface area contributed by atoms with Gasteiger partial charge in [0.25, 0.3) is 5.91 Å². The van der Waals surface area contributed by atoms with Crippen molar-refractivity contribution >= 4 is 33.4 Å². The zero-order valence-electron chi connectivity index (χ0n) is 11.5. The van der Waals surface area contributed by atoms with E-state index < -0.39 is 11.6 Å². The highest BCUT2D eigenvalue weighted by atomic mass is 79.9. The van der Waals surface area contributed by atoms with E-state index in [1.165, 1.54) is 0 Å². The van der Waals surface area contributed by atoms with Gasteiger partial charge in [-0.3, -0.25) is 14.5 Å². The van der Waals surface area contributed by atoms with Gasteiger partial charge in [0.15, 0.2) is 0 Å². The predicted octanol–water partition coefficient (Wildman–Crippen LogP) is 2.47. The first-order valence-electron chi connectivity index (χ1n) is 6.85. The van der Waals surface area contributed by atoms with Gasteiger partial charge in [-0.05, 0) is 50.8 Å². The highest BCUT2D eigenvalue weighted by Crippen LogP contribution is 2.43. The highest BCUT2D eigenvalue weighted by Gasteiger charge is 2.54. The summed E-state index contributed by atoms with van der Waals surface area (Å²) >= 11 is 3.42. The second-order valence-electron chi connectivity index (χ2n) is 5.80.